The number of hydrogen-bond donors (Lipinski definition) is 1. The molecule has 150 valence electrons. The van der Waals surface area contributed by atoms with Crippen LogP contribution in [0.1, 0.15) is 41.3 Å². The molecule has 2 aromatic rings. The van der Waals surface area contributed by atoms with E-state index in [1.54, 1.807) is 18.3 Å². The molecule has 1 N–H and O–H groups in total. The summed E-state index contributed by atoms with van der Waals surface area (Å²) in [5.74, 6) is -0.110. The first-order valence-electron chi connectivity index (χ1n) is 9.66. The van der Waals surface area contributed by atoms with Gasteiger partial charge in [-0.25, -0.2) is 4.79 Å². The number of thioether (sulfide) groups is 1. The van der Waals surface area contributed by atoms with Crippen molar-refractivity contribution in [1.29, 1.82) is 0 Å². The summed E-state index contributed by atoms with van der Waals surface area (Å²) >= 11 is 2.96. The summed E-state index contributed by atoms with van der Waals surface area (Å²) < 4.78 is 5.36. The molecular formula is C23H23NO3S2. The van der Waals surface area contributed by atoms with Gasteiger partial charge in [-0.3, -0.25) is 4.79 Å². The highest BCUT2D eigenvalue weighted by Crippen LogP contribution is 2.46. The molecule has 29 heavy (non-hydrogen) atoms. The average molecular weight is 426 g/mol. The van der Waals surface area contributed by atoms with Crippen LogP contribution in [-0.2, 0) is 20.7 Å². The van der Waals surface area contributed by atoms with Gasteiger partial charge >= 0.3 is 5.97 Å². The van der Waals surface area contributed by atoms with E-state index in [1.165, 1.54) is 27.8 Å². The minimum Gasteiger partial charge on any atom is -0.463 e. The Morgan fingerprint density at radius 1 is 1.21 bits per heavy atom. The molecule has 1 unspecified atom stereocenters. The third-order valence-corrected chi connectivity index (χ3v) is 7.14. The van der Waals surface area contributed by atoms with E-state index in [0.717, 1.165) is 23.4 Å². The monoisotopic (exact) mass is 425 g/mol. The third kappa shape index (κ3) is 3.79. The van der Waals surface area contributed by atoms with Crippen LogP contribution in [0.15, 0.2) is 58.3 Å². The Hall–Kier alpha value is -2.31. The Balaban J connectivity index is 1.78. The van der Waals surface area contributed by atoms with Gasteiger partial charge in [0.2, 0.25) is 5.12 Å². The van der Waals surface area contributed by atoms with Crippen LogP contribution in [0.3, 0.4) is 0 Å². The lowest BCUT2D eigenvalue weighted by Gasteiger charge is -2.28. The zero-order valence-corrected chi connectivity index (χ0v) is 18.3. The summed E-state index contributed by atoms with van der Waals surface area (Å²) in [5.41, 5.74) is 6.41. The van der Waals surface area contributed by atoms with Gasteiger partial charge in [0, 0.05) is 34.0 Å². The van der Waals surface area contributed by atoms with Gasteiger partial charge in [0.1, 0.15) is 0 Å². The Labute approximate surface area is 179 Å². The van der Waals surface area contributed by atoms with E-state index < -0.39 is 0 Å². The number of allylic oxidation sites excluding steroid dienone is 1. The van der Waals surface area contributed by atoms with E-state index in [2.05, 4.69) is 42.6 Å². The second-order valence-corrected chi connectivity index (χ2v) is 9.20. The van der Waals surface area contributed by atoms with Crippen molar-refractivity contribution in [3.8, 4) is 0 Å². The number of dihydropyridines is 1. The van der Waals surface area contributed by atoms with E-state index in [-0.39, 0.29) is 17.0 Å². The highest BCUT2D eigenvalue weighted by Gasteiger charge is 2.41. The summed E-state index contributed by atoms with van der Waals surface area (Å²) in [5, 5.41) is 5.37. The van der Waals surface area contributed by atoms with Gasteiger partial charge in [0.05, 0.1) is 18.1 Å². The summed E-state index contributed by atoms with van der Waals surface area (Å²) in [6.07, 6.45) is 0.774. The largest absolute Gasteiger partial charge is 0.463 e. The molecule has 4 rings (SSSR count). The van der Waals surface area contributed by atoms with E-state index in [1.807, 2.05) is 12.3 Å². The smallest absolute Gasteiger partial charge is 0.336 e. The lowest BCUT2D eigenvalue weighted by atomic mass is 9.80. The summed E-state index contributed by atoms with van der Waals surface area (Å²) in [6, 6.07) is 10.5. The van der Waals surface area contributed by atoms with Crippen molar-refractivity contribution < 1.29 is 14.3 Å². The molecule has 0 bridgehead atoms. The van der Waals surface area contributed by atoms with Crippen molar-refractivity contribution in [3.05, 3.63) is 79.8 Å². The van der Waals surface area contributed by atoms with Gasteiger partial charge < -0.3 is 10.1 Å². The SMILES string of the molecule is CCOC(=O)C1=C(C)NC2=C(C(=O)SC2)C1c1ccsc1Cc1ccc(C)cc1. The zero-order valence-electron chi connectivity index (χ0n) is 16.7. The lowest BCUT2D eigenvalue weighted by Crippen LogP contribution is -2.30. The van der Waals surface area contributed by atoms with Gasteiger partial charge in [0.25, 0.3) is 0 Å². The predicted octanol–water partition coefficient (Wildman–Crippen LogP) is 4.70. The maximum Gasteiger partial charge on any atom is 0.336 e. The Morgan fingerprint density at radius 2 is 1.97 bits per heavy atom. The molecule has 6 heteroatoms. The molecule has 0 fully saturated rings. The van der Waals surface area contributed by atoms with Crippen LogP contribution in [0.4, 0.5) is 0 Å². The van der Waals surface area contributed by atoms with E-state index >= 15 is 0 Å². The molecule has 0 saturated carbocycles. The number of thiophene rings is 1. The second kappa shape index (κ2) is 8.20. The van der Waals surface area contributed by atoms with Gasteiger partial charge in [0.15, 0.2) is 0 Å². The van der Waals surface area contributed by atoms with Crippen LogP contribution in [-0.4, -0.2) is 23.4 Å². The van der Waals surface area contributed by atoms with Crippen molar-refractivity contribution in [1.82, 2.24) is 5.32 Å². The van der Waals surface area contributed by atoms with Gasteiger partial charge in [-0.15, -0.1) is 11.3 Å². The molecule has 3 heterocycles. The maximum atomic E-state index is 12.9. The van der Waals surface area contributed by atoms with Crippen LogP contribution in [0.25, 0.3) is 0 Å². The molecule has 2 aliphatic heterocycles. The molecule has 1 aromatic heterocycles. The van der Waals surface area contributed by atoms with Crippen LogP contribution in [0, 0.1) is 6.92 Å². The fourth-order valence-electron chi connectivity index (χ4n) is 3.90. The first-order chi connectivity index (χ1) is 14.0. The molecule has 2 aliphatic rings. The molecular weight excluding hydrogens is 402 g/mol. The highest BCUT2D eigenvalue weighted by atomic mass is 32.2. The molecule has 1 aromatic carbocycles. The lowest BCUT2D eigenvalue weighted by molar-refractivity contribution is -0.138. The normalized spacial score (nSPS) is 18.7. The fraction of sp³-hybridized carbons (Fsp3) is 0.304. The van der Waals surface area contributed by atoms with Crippen LogP contribution in [0.2, 0.25) is 0 Å². The predicted molar refractivity (Wildman–Crippen MR) is 118 cm³/mol. The topological polar surface area (TPSA) is 55.4 Å². The molecule has 0 radical (unpaired) electrons. The van der Waals surface area contributed by atoms with Crippen molar-refractivity contribution in [3.63, 3.8) is 0 Å². The third-order valence-electron chi connectivity index (χ3n) is 5.28. The molecule has 0 saturated heterocycles. The van der Waals surface area contributed by atoms with Gasteiger partial charge in [-0.2, -0.15) is 0 Å². The number of rotatable bonds is 5. The Kier molecular flexibility index (Phi) is 5.65. The molecule has 0 amide bonds. The average Bonchev–Trinajstić information content (AvgIpc) is 3.29. The highest BCUT2D eigenvalue weighted by molar-refractivity contribution is 8.14. The Bertz CT molecular complexity index is 1030. The van der Waals surface area contributed by atoms with Gasteiger partial charge in [-0.1, -0.05) is 41.6 Å². The summed E-state index contributed by atoms with van der Waals surface area (Å²) in [6.45, 7) is 6.07. The zero-order chi connectivity index (χ0) is 20.5. The van der Waals surface area contributed by atoms with Crippen molar-refractivity contribution >= 4 is 34.2 Å². The number of benzene rings is 1. The van der Waals surface area contributed by atoms with Gasteiger partial charge in [-0.05, 0) is 43.3 Å². The molecule has 0 spiro atoms. The van der Waals surface area contributed by atoms with Crippen LogP contribution < -0.4 is 5.32 Å². The molecule has 0 aliphatic carbocycles. The fourth-order valence-corrected chi connectivity index (χ4v) is 5.75. The van der Waals surface area contributed by atoms with Crippen LogP contribution in [0.5, 0.6) is 0 Å². The summed E-state index contributed by atoms with van der Waals surface area (Å²) in [4.78, 5) is 26.8. The number of ether oxygens (including phenoxy) is 1. The van der Waals surface area contributed by atoms with Crippen LogP contribution >= 0.6 is 23.1 Å². The minimum absolute atomic E-state index is 0.0410. The number of nitrogens with one attached hydrogen (secondary N) is 1. The first-order valence-corrected chi connectivity index (χ1v) is 11.5. The minimum atomic E-state index is -0.375. The van der Waals surface area contributed by atoms with E-state index in [4.69, 9.17) is 4.74 Å². The standard InChI is InChI=1S/C23H23NO3S2/c1-4-27-22(25)19-14(3)24-17-12-29-23(26)21(17)20(19)16-9-10-28-18(16)11-15-7-5-13(2)6-8-15/h5-10,20,24H,4,11-12H2,1-3H3. The molecule has 1 atom stereocenters. The number of carbonyl (C=O) groups excluding carboxylic acids is 2. The number of carbonyl (C=O) groups is 2. The first kappa shape index (κ1) is 20.0. The van der Waals surface area contributed by atoms with Crippen molar-refractivity contribution in [2.24, 2.45) is 0 Å². The number of esters is 1. The number of hydrogen-bond acceptors (Lipinski definition) is 6. The second-order valence-electron chi connectivity index (χ2n) is 7.25. The number of aryl methyl sites for hydroxylation is 1. The summed E-state index contributed by atoms with van der Waals surface area (Å²) in [7, 11) is 0. The molecule has 4 nitrogen and oxygen atoms in total. The van der Waals surface area contributed by atoms with E-state index in [9.17, 15) is 9.59 Å². The van der Waals surface area contributed by atoms with Crippen molar-refractivity contribution in [2.45, 2.75) is 33.1 Å². The van der Waals surface area contributed by atoms with E-state index in [0.29, 0.717) is 23.5 Å². The Morgan fingerprint density at radius 3 is 2.69 bits per heavy atom. The van der Waals surface area contributed by atoms with Crippen molar-refractivity contribution in [2.75, 3.05) is 12.4 Å². The maximum absolute atomic E-state index is 12.9. The quantitative estimate of drug-likeness (QED) is 0.704.